The van der Waals surface area contributed by atoms with E-state index in [2.05, 4.69) is 50.0 Å². The largest absolute Gasteiger partial charge is 0.377 e. The summed E-state index contributed by atoms with van der Waals surface area (Å²) in [4.78, 5) is 4.94. The fraction of sp³-hybridized carbons (Fsp3) is 0.700. The van der Waals surface area contributed by atoms with Crippen LogP contribution in [0.1, 0.15) is 48.8 Å². The molecule has 0 amide bonds. The topological polar surface area (TPSA) is 6.48 Å². The molecule has 0 N–H and O–H groups in total. The van der Waals surface area contributed by atoms with Crippen LogP contribution in [-0.4, -0.2) is 38.6 Å². The number of hydrogen-bond acceptors (Lipinski definition) is 2. The van der Waals surface area contributed by atoms with Gasteiger partial charge in [0.05, 0.1) is 0 Å². The molecular formula is C20H30N2. The number of piperidine rings is 1. The maximum Gasteiger partial charge on any atom is 0.0393 e. The van der Waals surface area contributed by atoms with Crippen LogP contribution in [0, 0.1) is 12.8 Å². The summed E-state index contributed by atoms with van der Waals surface area (Å²) in [6.45, 7) is 3.58. The van der Waals surface area contributed by atoms with Gasteiger partial charge in [-0.25, -0.2) is 0 Å². The molecule has 1 saturated carbocycles. The Morgan fingerprint density at radius 1 is 1.18 bits per heavy atom. The van der Waals surface area contributed by atoms with Gasteiger partial charge in [-0.1, -0.05) is 18.9 Å². The first-order valence-corrected chi connectivity index (χ1v) is 9.04. The van der Waals surface area contributed by atoms with E-state index in [1.807, 2.05) is 0 Å². The second-order valence-electron chi connectivity index (χ2n) is 8.20. The highest BCUT2D eigenvalue weighted by Gasteiger charge is 2.53. The van der Waals surface area contributed by atoms with Gasteiger partial charge < -0.3 is 9.80 Å². The first-order valence-electron chi connectivity index (χ1n) is 9.04. The van der Waals surface area contributed by atoms with Crippen molar-refractivity contribution in [1.29, 1.82) is 0 Å². The lowest BCUT2D eigenvalue weighted by Crippen LogP contribution is -2.59. The SMILES string of the molecule is Cc1cc2c(cc1N(C)C)C[C@H]1[C@H]3CCCC[C@@]23CCN1C. The van der Waals surface area contributed by atoms with Gasteiger partial charge in [0.1, 0.15) is 0 Å². The van der Waals surface area contributed by atoms with Gasteiger partial charge in [0, 0.05) is 31.2 Å². The van der Waals surface area contributed by atoms with Crippen LogP contribution in [0.5, 0.6) is 0 Å². The fourth-order valence-corrected chi connectivity index (χ4v) is 5.83. The molecule has 1 saturated heterocycles. The number of benzene rings is 1. The molecule has 2 heteroatoms. The van der Waals surface area contributed by atoms with Crippen LogP contribution in [0.2, 0.25) is 0 Å². The monoisotopic (exact) mass is 298 g/mol. The normalized spacial score (nSPS) is 34.0. The minimum Gasteiger partial charge on any atom is -0.377 e. The van der Waals surface area contributed by atoms with E-state index in [1.54, 1.807) is 11.1 Å². The average molecular weight is 298 g/mol. The van der Waals surface area contributed by atoms with Crippen molar-refractivity contribution in [2.24, 2.45) is 5.92 Å². The molecule has 4 rings (SSSR count). The molecule has 1 aromatic carbocycles. The Labute approximate surface area is 135 Å². The molecule has 2 aliphatic carbocycles. The number of nitrogens with zero attached hydrogens (tertiary/aromatic N) is 2. The van der Waals surface area contributed by atoms with Gasteiger partial charge in [0.2, 0.25) is 0 Å². The lowest BCUT2D eigenvalue weighted by atomic mass is 9.52. The summed E-state index contributed by atoms with van der Waals surface area (Å²) in [7, 11) is 6.70. The highest BCUT2D eigenvalue weighted by molar-refractivity contribution is 5.59. The minimum atomic E-state index is 0.499. The highest BCUT2D eigenvalue weighted by Crippen LogP contribution is 2.56. The van der Waals surface area contributed by atoms with E-state index in [4.69, 9.17) is 0 Å². The Morgan fingerprint density at radius 3 is 2.77 bits per heavy atom. The van der Waals surface area contributed by atoms with E-state index in [0.717, 1.165) is 12.0 Å². The Morgan fingerprint density at radius 2 is 2.00 bits per heavy atom. The van der Waals surface area contributed by atoms with Crippen molar-refractivity contribution < 1.29 is 0 Å². The Kier molecular flexibility index (Phi) is 3.30. The van der Waals surface area contributed by atoms with Crippen molar-refractivity contribution in [3.05, 3.63) is 28.8 Å². The predicted octanol–water partition coefficient (Wildman–Crippen LogP) is 3.75. The number of fused-ring (bicyclic) bond motifs is 1. The van der Waals surface area contributed by atoms with Gasteiger partial charge in [-0.15, -0.1) is 0 Å². The lowest BCUT2D eigenvalue weighted by molar-refractivity contribution is 0.00285. The first-order chi connectivity index (χ1) is 10.5. The molecule has 0 radical (unpaired) electrons. The Bertz CT molecular complexity index is 592. The molecule has 1 heterocycles. The third kappa shape index (κ3) is 1.89. The van der Waals surface area contributed by atoms with Crippen LogP contribution in [-0.2, 0) is 11.8 Å². The van der Waals surface area contributed by atoms with Crippen molar-refractivity contribution in [2.45, 2.75) is 56.9 Å². The molecule has 0 unspecified atom stereocenters. The summed E-state index contributed by atoms with van der Waals surface area (Å²) < 4.78 is 0. The van der Waals surface area contributed by atoms with Crippen molar-refractivity contribution in [2.75, 3.05) is 32.6 Å². The Hall–Kier alpha value is -1.02. The average Bonchev–Trinajstić information content (AvgIpc) is 2.51. The van der Waals surface area contributed by atoms with E-state index < -0.39 is 0 Å². The van der Waals surface area contributed by atoms with Crippen molar-refractivity contribution in [3.63, 3.8) is 0 Å². The number of likely N-dealkylation sites (tertiary alicyclic amines) is 1. The molecule has 2 bridgehead atoms. The number of aryl methyl sites for hydroxylation is 1. The summed E-state index contributed by atoms with van der Waals surface area (Å²) >= 11 is 0. The molecule has 22 heavy (non-hydrogen) atoms. The molecule has 1 aromatic rings. The number of hydrogen-bond donors (Lipinski definition) is 0. The zero-order chi connectivity index (χ0) is 15.5. The van der Waals surface area contributed by atoms with E-state index in [-0.39, 0.29) is 0 Å². The van der Waals surface area contributed by atoms with Crippen LogP contribution in [0.25, 0.3) is 0 Å². The summed E-state index contributed by atoms with van der Waals surface area (Å²) in [5, 5.41) is 0. The van der Waals surface area contributed by atoms with E-state index >= 15 is 0 Å². The van der Waals surface area contributed by atoms with Crippen LogP contribution < -0.4 is 4.90 Å². The molecule has 0 spiro atoms. The summed E-state index contributed by atoms with van der Waals surface area (Å²) in [5.74, 6) is 0.900. The second kappa shape index (κ2) is 4.99. The molecular weight excluding hydrogens is 268 g/mol. The summed E-state index contributed by atoms with van der Waals surface area (Å²) in [5.41, 5.74) is 6.73. The minimum absolute atomic E-state index is 0.499. The van der Waals surface area contributed by atoms with Crippen LogP contribution in [0.4, 0.5) is 5.69 Å². The van der Waals surface area contributed by atoms with Gasteiger partial charge in [-0.3, -0.25) is 0 Å². The van der Waals surface area contributed by atoms with Gasteiger partial charge >= 0.3 is 0 Å². The van der Waals surface area contributed by atoms with E-state index in [0.29, 0.717) is 5.41 Å². The highest BCUT2D eigenvalue weighted by atomic mass is 15.2. The molecule has 0 aromatic heterocycles. The first kappa shape index (κ1) is 14.6. The molecule has 3 aliphatic rings. The zero-order valence-electron chi connectivity index (χ0n) is 14.7. The van der Waals surface area contributed by atoms with Gasteiger partial charge in [-0.05, 0) is 74.9 Å². The third-order valence-corrected chi connectivity index (χ3v) is 6.91. The smallest absolute Gasteiger partial charge is 0.0393 e. The quantitative estimate of drug-likeness (QED) is 0.779. The zero-order valence-corrected chi connectivity index (χ0v) is 14.7. The predicted molar refractivity (Wildman–Crippen MR) is 93.9 cm³/mol. The lowest BCUT2D eigenvalue weighted by Gasteiger charge is -2.58. The Balaban J connectivity index is 1.89. The standard InChI is InChI=1S/C20H30N2/c1-14-11-17-15(12-18(14)21(2)3)13-19-16-7-5-6-8-20(16,17)9-10-22(19)4/h11-12,16,19H,5-10,13H2,1-4H3/t16-,19+,20+/m1/s1. The molecule has 2 nitrogen and oxygen atoms in total. The van der Waals surface area contributed by atoms with Gasteiger partial charge in [0.25, 0.3) is 0 Å². The van der Waals surface area contributed by atoms with Crippen LogP contribution >= 0.6 is 0 Å². The summed E-state index contributed by atoms with van der Waals surface area (Å²) in [6, 6.07) is 5.84. The van der Waals surface area contributed by atoms with Crippen molar-refractivity contribution in [3.8, 4) is 0 Å². The van der Waals surface area contributed by atoms with Gasteiger partial charge in [0.15, 0.2) is 0 Å². The maximum atomic E-state index is 2.66. The molecule has 1 aliphatic heterocycles. The van der Waals surface area contributed by atoms with E-state index in [9.17, 15) is 0 Å². The fourth-order valence-electron chi connectivity index (χ4n) is 5.83. The maximum absolute atomic E-state index is 2.66. The third-order valence-electron chi connectivity index (χ3n) is 6.91. The summed E-state index contributed by atoms with van der Waals surface area (Å²) in [6.07, 6.45) is 8.39. The van der Waals surface area contributed by atoms with Gasteiger partial charge in [-0.2, -0.15) is 0 Å². The molecule has 3 atom stereocenters. The van der Waals surface area contributed by atoms with Crippen LogP contribution in [0.15, 0.2) is 12.1 Å². The second-order valence-corrected chi connectivity index (χ2v) is 8.20. The van der Waals surface area contributed by atoms with E-state index in [1.165, 1.54) is 56.3 Å². The van der Waals surface area contributed by atoms with Crippen molar-refractivity contribution in [1.82, 2.24) is 4.90 Å². The number of anilines is 1. The molecule has 120 valence electrons. The molecule has 2 fully saturated rings. The van der Waals surface area contributed by atoms with Crippen LogP contribution in [0.3, 0.4) is 0 Å². The number of likely N-dealkylation sites (N-methyl/N-ethyl adjacent to an activating group) is 1. The van der Waals surface area contributed by atoms with Crippen molar-refractivity contribution >= 4 is 5.69 Å². The number of rotatable bonds is 1.